The third kappa shape index (κ3) is 5.88. The van der Waals surface area contributed by atoms with Crippen LogP contribution in [0.2, 0.25) is 10.0 Å². The topological polar surface area (TPSA) is 54.5 Å². The van der Waals surface area contributed by atoms with Crippen LogP contribution in [-0.2, 0) is 4.79 Å². The van der Waals surface area contributed by atoms with Gasteiger partial charge in [0.25, 0.3) is 0 Å². The Bertz CT molecular complexity index is 1100. The van der Waals surface area contributed by atoms with Crippen molar-refractivity contribution in [3.63, 3.8) is 0 Å². The number of anilines is 1. The number of fused-ring (bicyclic) bond motifs is 1. The SMILES string of the molecule is O=C(Nc1ccc2cc(Cl)ccc2n1)C1CCN(CCCOc2ccc(Cl)c(F)c2)CC1. The number of aromatic nitrogens is 1. The van der Waals surface area contributed by atoms with Crippen molar-refractivity contribution in [2.45, 2.75) is 19.3 Å². The molecule has 1 saturated heterocycles. The molecule has 0 bridgehead atoms. The number of halogens is 3. The lowest BCUT2D eigenvalue weighted by Gasteiger charge is -2.31. The first-order chi connectivity index (χ1) is 15.5. The number of pyridine rings is 1. The number of piperidine rings is 1. The van der Waals surface area contributed by atoms with Gasteiger partial charge < -0.3 is 15.0 Å². The summed E-state index contributed by atoms with van der Waals surface area (Å²) in [4.78, 5) is 19.5. The van der Waals surface area contributed by atoms with Gasteiger partial charge in [0.15, 0.2) is 0 Å². The van der Waals surface area contributed by atoms with Gasteiger partial charge in [0.05, 0.1) is 17.1 Å². The Hall–Kier alpha value is -2.41. The highest BCUT2D eigenvalue weighted by Crippen LogP contribution is 2.23. The second-order valence-electron chi connectivity index (χ2n) is 7.92. The number of nitrogens with one attached hydrogen (secondary N) is 1. The van der Waals surface area contributed by atoms with E-state index in [4.69, 9.17) is 27.9 Å². The molecular weight excluding hydrogens is 452 g/mol. The Labute approximate surface area is 196 Å². The van der Waals surface area contributed by atoms with Crippen molar-refractivity contribution >= 4 is 45.8 Å². The zero-order valence-corrected chi connectivity index (χ0v) is 19.0. The molecule has 1 fully saturated rings. The Kier molecular flexibility index (Phi) is 7.45. The van der Waals surface area contributed by atoms with Gasteiger partial charge in [-0.05, 0) is 74.8 Å². The molecule has 1 N–H and O–H groups in total. The minimum Gasteiger partial charge on any atom is -0.493 e. The number of hydrogen-bond donors (Lipinski definition) is 1. The van der Waals surface area contributed by atoms with Crippen LogP contribution in [0.3, 0.4) is 0 Å². The molecule has 168 valence electrons. The highest BCUT2D eigenvalue weighted by Gasteiger charge is 2.25. The number of nitrogens with zero attached hydrogens (tertiary/aromatic N) is 2. The van der Waals surface area contributed by atoms with E-state index in [2.05, 4.69) is 15.2 Å². The molecular formula is C24H24Cl2FN3O2. The van der Waals surface area contributed by atoms with Gasteiger partial charge in [0, 0.05) is 28.9 Å². The summed E-state index contributed by atoms with van der Waals surface area (Å²) in [6.45, 7) is 3.09. The zero-order valence-electron chi connectivity index (χ0n) is 17.5. The molecule has 0 aliphatic carbocycles. The van der Waals surface area contributed by atoms with E-state index in [1.165, 1.54) is 12.1 Å². The van der Waals surface area contributed by atoms with E-state index >= 15 is 0 Å². The molecule has 2 aromatic carbocycles. The summed E-state index contributed by atoms with van der Waals surface area (Å²) >= 11 is 11.7. The first kappa shape index (κ1) is 22.8. The first-order valence-electron chi connectivity index (χ1n) is 10.7. The number of ether oxygens (including phenoxy) is 1. The molecule has 32 heavy (non-hydrogen) atoms. The normalized spacial score (nSPS) is 15.1. The summed E-state index contributed by atoms with van der Waals surface area (Å²) < 4.78 is 19.0. The second kappa shape index (κ2) is 10.5. The number of hydrogen-bond acceptors (Lipinski definition) is 4. The van der Waals surface area contributed by atoms with Gasteiger partial charge in [-0.2, -0.15) is 0 Å². The van der Waals surface area contributed by atoms with Crippen molar-refractivity contribution in [1.29, 1.82) is 0 Å². The van der Waals surface area contributed by atoms with Gasteiger partial charge in [-0.15, -0.1) is 0 Å². The summed E-state index contributed by atoms with van der Waals surface area (Å²) in [6, 6.07) is 13.7. The van der Waals surface area contributed by atoms with Gasteiger partial charge in [-0.3, -0.25) is 4.79 Å². The molecule has 1 aliphatic rings. The van der Waals surface area contributed by atoms with Crippen LogP contribution in [0.15, 0.2) is 48.5 Å². The van der Waals surface area contributed by atoms with Crippen LogP contribution in [0.25, 0.3) is 10.9 Å². The Morgan fingerprint density at radius 1 is 1.12 bits per heavy atom. The van der Waals surface area contributed by atoms with Gasteiger partial charge in [0.2, 0.25) is 5.91 Å². The van der Waals surface area contributed by atoms with Crippen LogP contribution >= 0.6 is 23.2 Å². The second-order valence-corrected chi connectivity index (χ2v) is 8.76. The van der Waals surface area contributed by atoms with Crippen LogP contribution < -0.4 is 10.1 Å². The predicted molar refractivity (Wildman–Crippen MR) is 126 cm³/mol. The smallest absolute Gasteiger partial charge is 0.228 e. The van der Waals surface area contributed by atoms with Crippen LogP contribution in [0.1, 0.15) is 19.3 Å². The molecule has 4 rings (SSSR count). The number of likely N-dealkylation sites (tertiary alicyclic amines) is 1. The minimum atomic E-state index is -0.479. The van der Waals surface area contributed by atoms with Crippen molar-refractivity contribution in [3.8, 4) is 5.75 Å². The fourth-order valence-electron chi connectivity index (χ4n) is 3.86. The lowest BCUT2D eigenvalue weighted by atomic mass is 9.96. The van der Waals surface area contributed by atoms with E-state index in [1.54, 1.807) is 18.2 Å². The highest BCUT2D eigenvalue weighted by atomic mass is 35.5. The van der Waals surface area contributed by atoms with E-state index in [-0.39, 0.29) is 16.8 Å². The summed E-state index contributed by atoms with van der Waals surface area (Å²) in [5.41, 5.74) is 0.797. The molecule has 0 spiro atoms. The van der Waals surface area contributed by atoms with Gasteiger partial charge in [-0.25, -0.2) is 9.37 Å². The van der Waals surface area contributed by atoms with Gasteiger partial charge in [0.1, 0.15) is 17.4 Å². The average Bonchev–Trinajstić information content (AvgIpc) is 2.79. The molecule has 5 nitrogen and oxygen atoms in total. The molecule has 3 aromatic rings. The average molecular weight is 476 g/mol. The number of carbonyl (C=O) groups is 1. The van der Waals surface area contributed by atoms with Crippen molar-refractivity contribution in [2.75, 3.05) is 31.6 Å². The van der Waals surface area contributed by atoms with Crippen molar-refractivity contribution < 1.29 is 13.9 Å². The molecule has 1 aliphatic heterocycles. The molecule has 1 amide bonds. The van der Waals surface area contributed by atoms with E-state index in [0.29, 0.717) is 23.2 Å². The maximum Gasteiger partial charge on any atom is 0.228 e. The van der Waals surface area contributed by atoms with E-state index in [9.17, 15) is 9.18 Å². The Balaban J connectivity index is 1.19. The van der Waals surface area contributed by atoms with Crippen molar-refractivity contribution in [2.24, 2.45) is 5.92 Å². The number of rotatable bonds is 7. The maximum atomic E-state index is 13.4. The quantitative estimate of drug-likeness (QED) is 0.438. The number of benzene rings is 2. The zero-order chi connectivity index (χ0) is 22.5. The molecule has 0 radical (unpaired) electrons. The molecule has 2 heterocycles. The highest BCUT2D eigenvalue weighted by molar-refractivity contribution is 6.31. The summed E-state index contributed by atoms with van der Waals surface area (Å²) in [6.07, 6.45) is 2.43. The van der Waals surface area contributed by atoms with Crippen LogP contribution in [0.5, 0.6) is 5.75 Å². The fraction of sp³-hybridized carbons (Fsp3) is 0.333. The monoisotopic (exact) mass is 475 g/mol. The molecule has 0 saturated carbocycles. The third-order valence-electron chi connectivity index (χ3n) is 5.64. The molecule has 0 atom stereocenters. The van der Waals surface area contributed by atoms with Gasteiger partial charge in [-0.1, -0.05) is 23.2 Å². The Morgan fingerprint density at radius 3 is 2.72 bits per heavy atom. The Morgan fingerprint density at radius 2 is 1.94 bits per heavy atom. The summed E-state index contributed by atoms with van der Waals surface area (Å²) in [5.74, 6) is 0.546. The fourth-order valence-corrected chi connectivity index (χ4v) is 4.16. The molecule has 0 unspecified atom stereocenters. The van der Waals surface area contributed by atoms with Crippen molar-refractivity contribution in [1.82, 2.24) is 9.88 Å². The standard InChI is InChI=1S/C24H24Cl2FN3O2/c25-18-3-6-22-17(14-18)2-7-23(28-22)29-24(31)16-8-11-30(12-9-16)10-1-13-32-19-4-5-20(26)21(27)15-19/h2-7,14-16H,1,8-13H2,(H,28,29,31). The number of amides is 1. The molecule has 8 heteroatoms. The minimum absolute atomic E-state index is 0.0126. The number of carbonyl (C=O) groups excluding carboxylic acids is 1. The van der Waals surface area contributed by atoms with E-state index in [1.807, 2.05) is 18.2 Å². The summed E-state index contributed by atoms with van der Waals surface area (Å²) in [5, 5.41) is 4.64. The lowest BCUT2D eigenvalue weighted by molar-refractivity contribution is -0.121. The first-order valence-corrected chi connectivity index (χ1v) is 11.4. The summed E-state index contributed by atoms with van der Waals surface area (Å²) in [7, 11) is 0. The van der Waals surface area contributed by atoms with Crippen molar-refractivity contribution in [3.05, 3.63) is 64.4 Å². The van der Waals surface area contributed by atoms with Crippen LogP contribution in [-0.4, -0.2) is 42.0 Å². The van der Waals surface area contributed by atoms with Crippen LogP contribution in [0.4, 0.5) is 10.2 Å². The van der Waals surface area contributed by atoms with E-state index < -0.39 is 5.82 Å². The maximum absolute atomic E-state index is 13.4. The third-order valence-corrected chi connectivity index (χ3v) is 6.18. The largest absolute Gasteiger partial charge is 0.493 e. The van der Waals surface area contributed by atoms with Gasteiger partial charge >= 0.3 is 0 Å². The molecule has 1 aromatic heterocycles. The van der Waals surface area contributed by atoms with Crippen LogP contribution in [0, 0.1) is 11.7 Å². The van der Waals surface area contributed by atoms with E-state index in [0.717, 1.165) is 49.8 Å². The lowest BCUT2D eigenvalue weighted by Crippen LogP contribution is -2.39. The predicted octanol–water partition coefficient (Wildman–Crippen LogP) is 5.80.